The summed E-state index contributed by atoms with van der Waals surface area (Å²) in [5.74, 6) is -1.37. The molecule has 0 fully saturated rings. The summed E-state index contributed by atoms with van der Waals surface area (Å²) < 4.78 is 9.39. The molecule has 2 unspecified atom stereocenters. The minimum Gasteiger partial charge on any atom is -0.444 e. The van der Waals surface area contributed by atoms with E-state index in [1.807, 2.05) is 0 Å². The Hall–Kier alpha value is -1.40. The first-order chi connectivity index (χ1) is 7.49. The highest BCUT2D eigenvalue weighted by Gasteiger charge is 2.07. The molecule has 0 bridgehead atoms. The Morgan fingerprint density at radius 3 is 1.56 bits per heavy atom. The van der Waals surface area contributed by atoms with E-state index in [1.165, 1.54) is 0 Å². The molecule has 0 aliphatic heterocycles. The number of rotatable bonds is 6. The van der Waals surface area contributed by atoms with Gasteiger partial charge in [0.15, 0.2) is 12.5 Å². The largest absolute Gasteiger partial charge is 0.444 e. The predicted octanol–water partition coefficient (Wildman–Crippen LogP) is 0.0186. The van der Waals surface area contributed by atoms with Crippen LogP contribution >= 0.6 is 0 Å². The molecule has 0 rings (SSSR count). The average molecular weight is 230 g/mol. The second-order valence-corrected chi connectivity index (χ2v) is 3.10. The van der Waals surface area contributed by atoms with Crippen LogP contribution in [0, 0.1) is 0 Å². The van der Waals surface area contributed by atoms with Crippen LogP contribution in [0.5, 0.6) is 0 Å². The molecule has 0 aromatic heterocycles. The lowest BCUT2D eigenvalue weighted by atomic mass is 10.4. The third-order valence-corrected chi connectivity index (χ3v) is 1.70. The maximum atomic E-state index is 11.0. The van der Waals surface area contributed by atoms with Crippen molar-refractivity contribution >= 4 is 11.9 Å². The monoisotopic (exact) mass is 230 g/mol. The van der Waals surface area contributed by atoms with E-state index in [1.54, 1.807) is 13.8 Å². The minimum atomic E-state index is -0.684. The van der Waals surface area contributed by atoms with Gasteiger partial charge < -0.3 is 9.47 Å². The third-order valence-electron chi connectivity index (χ3n) is 1.70. The molecule has 2 atom stereocenters. The van der Waals surface area contributed by atoms with Crippen LogP contribution in [0.1, 0.15) is 26.7 Å². The van der Waals surface area contributed by atoms with E-state index in [0.29, 0.717) is 12.8 Å². The Labute approximate surface area is 94.6 Å². The second kappa shape index (κ2) is 7.84. The number of nitrogens with two attached hydrogens (primary N) is 2. The fraction of sp³-hybridized carbons (Fsp3) is 0.600. The third kappa shape index (κ3) is 6.97. The van der Waals surface area contributed by atoms with Crippen molar-refractivity contribution < 1.29 is 19.1 Å². The zero-order valence-electron chi connectivity index (χ0n) is 9.51. The van der Waals surface area contributed by atoms with Gasteiger partial charge in [0, 0.05) is 12.2 Å². The summed E-state index contributed by atoms with van der Waals surface area (Å²) in [5.41, 5.74) is 10.7. The van der Waals surface area contributed by atoms with Gasteiger partial charge in [-0.05, 0) is 12.8 Å². The van der Waals surface area contributed by atoms with E-state index in [9.17, 15) is 9.59 Å². The highest BCUT2D eigenvalue weighted by molar-refractivity contribution is 5.91. The molecule has 0 aliphatic carbocycles. The van der Waals surface area contributed by atoms with Crippen molar-refractivity contribution in [1.82, 2.24) is 0 Å². The molecule has 0 saturated carbocycles. The number of carbonyl (C=O) groups is 2. The van der Waals surface area contributed by atoms with Crippen LogP contribution in [0.2, 0.25) is 0 Å². The summed E-state index contributed by atoms with van der Waals surface area (Å²) in [6.45, 7) is 3.55. The molecular weight excluding hydrogens is 212 g/mol. The minimum absolute atomic E-state index is 0.505. The lowest BCUT2D eigenvalue weighted by Crippen LogP contribution is -2.26. The lowest BCUT2D eigenvalue weighted by Gasteiger charge is -2.09. The van der Waals surface area contributed by atoms with Gasteiger partial charge in [-0.15, -0.1) is 0 Å². The zero-order valence-corrected chi connectivity index (χ0v) is 9.51. The van der Waals surface area contributed by atoms with Crippen molar-refractivity contribution in [3.8, 4) is 0 Å². The molecule has 6 heteroatoms. The van der Waals surface area contributed by atoms with E-state index in [0.717, 1.165) is 12.2 Å². The SMILES string of the molecule is CCC(N)OC(=O)/C=C\C(=O)OC(N)CC. The Kier molecular flexibility index (Phi) is 7.15. The summed E-state index contributed by atoms with van der Waals surface area (Å²) in [6, 6.07) is 0. The number of ether oxygens (including phenoxy) is 2. The van der Waals surface area contributed by atoms with E-state index in [-0.39, 0.29) is 0 Å². The number of hydrogen-bond donors (Lipinski definition) is 2. The molecule has 0 saturated heterocycles. The van der Waals surface area contributed by atoms with Crippen molar-refractivity contribution in [2.45, 2.75) is 39.1 Å². The van der Waals surface area contributed by atoms with Gasteiger partial charge in [-0.3, -0.25) is 11.5 Å². The Morgan fingerprint density at radius 1 is 1.00 bits per heavy atom. The van der Waals surface area contributed by atoms with Gasteiger partial charge in [0.25, 0.3) is 0 Å². The molecular formula is C10H18N2O4. The first kappa shape index (κ1) is 14.6. The fourth-order valence-corrected chi connectivity index (χ4v) is 0.680. The summed E-state index contributed by atoms with van der Waals surface area (Å²) >= 11 is 0. The molecule has 0 amide bonds. The van der Waals surface area contributed by atoms with Gasteiger partial charge in [0.1, 0.15) is 0 Å². The van der Waals surface area contributed by atoms with Crippen molar-refractivity contribution in [3.63, 3.8) is 0 Å². The predicted molar refractivity (Wildman–Crippen MR) is 57.9 cm³/mol. The van der Waals surface area contributed by atoms with Gasteiger partial charge in [0.2, 0.25) is 0 Å². The van der Waals surface area contributed by atoms with Gasteiger partial charge in [0.05, 0.1) is 0 Å². The van der Waals surface area contributed by atoms with Crippen LogP contribution in [0.25, 0.3) is 0 Å². The Bertz CT molecular complexity index is 240. The zero-order chi connectivity index (χ0) is 12.6. The smallest absolute Gasteiger partial charge is 0.332 e. The first-order valence-electron chi connectivity index (χ1n) is 5.10. The highest BCUT2D eigenvalue weighted by Crippen LogP contribution is 1.94. The summed E-state index contributed by atoms with van der Waals surface area (Å²) in [6.07, 6.45) is 1.60. The van der Waals surface area contributed by atoms with E-state index in [4.69, 9.17) is 20.9 Å². The molecule has 0 heterocycles. The molecule has 0 radical (unpaired) electrons. The lowest BCUT2D eigenvalue weighted by molar-refractivity contribution is -0.145. The van der Waals surface area contributed by atoms with Crippen LogP contribution < -0.4 is 11.5 Å². The molecule has 0 aliphatic rings. The van der Waals surface area contributed by atoms with Crippen molar-refractivity contribution in [2.75, 3.05) is 0 Å². The summed E-state index contributed by atoms with van der Waals surface area (Å²) in [4.78, 5) is 22.1. The van der Waals surface area contributed by atoms with Gasteiger partial charge in [-0.2, -0.15) is 0 Å². The van der Waals surface area contributed by atoms with Crippen LogP contribution in [-0.4, -0.2) is 24.4 Å². The Morgan fingerprint density at radius 2 is 1.31 bits per heavy atom. The van der Waals surface area contributed by atoms with Crippen LogP contribution in [0.15, 0.2) is 12.2 Å². The number of hydrogen-bond acceptors (Lipinski definition) is 6. The van der Waals surface area contributed by atoms with Crippen LogP contribution in [0.4, 0.5) is 0 Å². The molecule has 0 spiro atoms. The van der Waals surface area contributed by atoms with Gasteiger partial charge >= 0.3 is 11.9 Å². The molecule has 4 N–H and O–H groups in total. The van der Waals surface area contributed by atoms with E-state index in [2.05, 4.69) is 0 Å². The maximum Gasteiger partial charge on any atom is 0.332 e. The van der Waals surface area contributed by atoms with Crippen LogP contribution in [0.3, 0.4) is 0 Å². The van der Waals surface area contributed by atoms with Gasteiger partial charge in [-0.1, -0.05) is 13.8 Å². The molecule has 16 heavy (non-hydrogen) atoms. The average Bonchev–Trinajstić information content (AvgIpc) is 2.26. The maximum absolute atomic E-state index is 11.0. The molecule has 0 aromatic rings. The summed E-state index contributed by atoms with van der Waals surface area (Å²) in [7, 11) is 0. The standard InChI is InChI=1S/C10H18N2O4/c1-3-7(11)15-9(13)5-6-10(14)16-8(12)4-2/h5-8H,3-4,11-12H2,1-2H3/b6-5-. The van der Waals surface area contributed by atoms with E-state index >= 15 is 0 Å². The molecule has 6 nitrogen and oxygen atoms in total. The second-order valence-electron chi connectivity index (χ2n) is 3.10. The fourth-order valence-electron chi connectivity index (χ4n) is 0.680. The normalized spacial score (nSPS) is 14.5. The molecule has 0 aromatic carbocycles. The number of carbonyl (C=O) groups excluding carboxylic acids is 2. The highest BCUT2D eigenvalue weighted by atomic mass is 16.6. The van der Waals surface area contributed by atoms with E-state index < -0.39 is 24.4 Å². The Balaban J connectivity index is 3.98. The van der Waals surface area contributed by atoms with Crippen molar-refractivity contribution in [2.24, 2.45) is 11.5 Å². The summed E-state index contributed by atoms with van der Waals surface area (Å²) in [5, 5.41) is 0. The number of esters is 2. The quantitative estimate of drug-likeness (QED) is 0.378. The molecule has 92 valence electrons. The topological polar surface area (TPSA) is 105 Å². The van der Waals surface area contributed by atoms with Gasteiger partial charge in [-0.25, -0.2) is 9.59 Å². The van der Waals surface area contributed by atoms with Crippen molar-refractivity contribution in [1.29, 1.82) is 0 Å². The van der Waals surface area contributed by atoms with Crippen LogP contribution in [-0.2, 0) is 19.1 Å². The van der Waals surface area contributed by atoms with Crippen molar-refractivity contribution in [3.05, 3.63) is 12.2 Å². The first-order valence-corrected chi connectivity index (χ1v) is 5.10.